The van der Waals surface area contributed by atoms with Gasteiger partial charge in [0.15, 0.2) is 0 Å². The summed E-state index contributed by atoms with van der Waals surface area (Å²) in [5.74, 6) is -0.669. The molecule has 0 bridgehead atoms. The second-order valence-corrected chi connectivity index (χ2v) is 4.18. The van der Waals surface area contributed by atoms with Crippen LogP contribution >= 0.6 is 0 Å². The molecule has 21 heavy (non-hydrogen) atoms. The highest BCUT2D eigenvalue weighted by molar-refractivity contribution is 5.94. The van der Waals surface area contributed by atoms with E-state index in [0.717, 1.165) is 5.56 Å². The average Bonchev–Trinajstić information content (AvgIpc) is 2.53. The molecule has 0 aromatic heterocycles. The summed E-state index contributed by atoms with van der Waals surface area (Å²) in [6.45, 7) is 0. The van der Waals surface area contributed by atoms with Crippen LogP contribution in [0.25, 0.3) is 6.08 Å². The van der Waals surface area contributed by atoms with Gasteiger partial charge in [0, 0.05) is 23.9 Å². The summed E-state index contributed by atoms with van der Waals surface area (Å²) in [4.78, 5) is 21.9. The minimum Gasteiger partial charge on any atom is -0.281 e. The molecule has 6 nitrogen and oxygen atoms in total. The van der Waals surface area contributed by atoms with Gasteiger partial charge in [0.2, 0.25) is 0 Å². The maximum absolute atomic E-state index is 11.9. The molecule has 0 aliphatic carbocycles. The van der Waals surface area contributed by atoms with Crippen molar-refractivity contribution in [2.45, 2.75) is 0 Å². The van der Waals surface area contributed by atoms with Crippen molar-refractivity contribution in [1.82, 2.24) is 5.06 Å². The van der Waals surface area contributed by atoms with Crippen molar-refractivity contribution in [3.63, 3.8) is 0 Å². The molecular weight excluding hydrogens is 272 g/mol. The Kier molecular flexibility index (Phi) is 4.43. The van der Waals surface area contributed by atoms with E-state index in [4.69, 9.17) is 0 Å². The number of nitrogens with zero attached hydrogens (tertiary/aromatic N) is 2. The van der Waals surface area contributed by atoms with Crippen LogP contribution in [-0.4, -0.2) is 21.1 Å². The number of carbonyl (C=O) groups excluding carboxylic acids is 1. The smallest absolute Gasteiger partial charge is 0.281 e. The number of amides is 1. The summed E-state index contributed by atoms with van der Waals surface area (Å²) < 4.78 is 0. The fourth-order valence-electron chi connectivity index (χ4n) is 1.65. The molecule has 0 aliphatic rings. The first kappa shape index (κ1) is 14.4. The van der Waals surface area contributed by atoms with Crippen LogP contribution in [0.2, 0.25) is 0 Å². The summed E-state index contributed by atoms with van der Waals surface area (Å²) >= 11 is 0. The maximum Gasteiger partial charge on any atom is 0.281 e. The molecule has 0 atom stereocenters. The van der Waals surface area contributed by atoms with E-state index in [1.165, 1.54) is 30.5 Å². The van der Waals surface area contributed by atoms with E-state index in [-0.39, 0.29) is 11.3 Å². The second kappa shape index (κ2) is 6.44. The van der Waals surface area contributed by atoms with Gasteiger partial charge < -0.3 is 0 Å². The lowest BCUT2D eigenvalue weighted by atomic mass is 10.2. The van der Waals surface area contributed by atoms with Gasteiger partial charge in [-0.05, 0) is 23.8 Å². The average molecular weight is 284 g/mol. The Hall–Kier alpha value is -2.99. The minimum absolute atomic E-state index is 0.115. The van der Waals surface area contributed by atoms with E-state index < -0.39 is 10.8 Å². The zero-order chi connectivity index (χ0) is 15.2. The first-order valence-electron chi connectivity index (χ1n) is 6.08. The van der Waals surface area contributed by atoms with Crippen LogP contribution in [0.4, 0.5) is 5.69 Å². The lowest BCUT2D eigenvalue weighted by Crippen LogP contribution is -2.21. The van der Waals surface area contributed by atoms with Gasteiger partial charge in [0.05, 0.1) is 4.92 Å². The Morgan fingerprint density at radius 1 is 1.10 bits per heavy atom. The third kappa shape index (κ3) is 3.74. The van der Waals surface area contributed by atoms with Crippen LogP contribution in [0.15, 0.2) is 60.8 Å². The monoisotopic (exact) mass is 284 g/mol. The third-order valence-corrected chi connectivity index (χ3v) is 2.74. The van der Waals surface area contributed by atoms with Crippen molar-refractivity contribution < 1.29 is 14.9 Å². The fourth-order valence-corrected chi connectivity index (χ4v) is 1.65. The second-order valence-electron chi connectivity index (χ2n) is 4.18. The highest BCUT2D eigenvalue weighted by atomic mass is 16.6. The predicted octanol–water partition coefficient (Wildman–Crippen LogP) is 3.10. The van der Waals surface area contributed by atoms with Gasteiger partial charge in [-0.2, -0.15) is 5.06 Å². The summed E-state index contributed by atoms with van der Waals surface area (Å²) in [6.07, 6.45) is 2.79. The van der Waals surface area contributed by atoms with Gasteiger partial charge in [0.25, 0.3) is 11.6 Å². The molecule has 6 heteroatoms. The van der Waals surface area contributed by atoms with Crippen LogP contribution in [-0.2, 0) is 0 Å². The lowest BCUT2D eigenvalue weighted by Gasteiger charge is -2.09. The number of benzene rings is 2. The topological polar surface area (TPSA) is 83.7 Å². The van der Waals surface area contributed by atoms with Crippen molar-refractivity contribution in [2.24, 2.45) is 0 Å². The molecule has 0 heterocycles. The summed E-state index contributed by atoms with van der Waals surface area (Å²) in [5, 5.41) is 20.6. The van der Waals surface area contributed by atoms with Crippen molar-refractivity contribution in [3.05, 3.63) is 82.0 Å². The van der Waals surface area contributed by atoms with Gasteiger partial charge in [-0.25, -0.2) is 0 Å². The molecular formula is C15H12N2O4. The van der Waals surface area contributed by atoms with Crippen LogP contribution in [0.5, 0.6) is 0 Å². The number of hydrogen-bond acceptors (Lipinski definition) is 4. The normalized spacial score (nSPS) is 10.5. The Morgan fingerprint density at radius 2 is 1.71 bits per heavy atom. The Morgan fingerprint density at radius 3 is 2.29 bits per heavy atom. The molecule has 0 radical (unpaired) electrons. The Labute approximate surface area is 120 Å². The first-order chi connectivity index (χ1) is 10.1. The Balaban J connectivity index is 2.08. The largest absolute Gasteiger partial charge is 0.281 e. The molecule has 0 spiro atoms. The van der Waals surface area contributed by atoms with Crippen LogP contribution in [0.3, 0.4) is 0 Å². The van der Waals surface area contributed by atoms with Crippen molar-refractivity contribution in [1.29, 1.82) is 0 Å². The minimum atomic E-state index is -0.669. The molecule has 1 N–H and O–H groups in total. The van der Waals surface area contributed by atoms with Gasteiger partial charge >= 0.3 is 0 Å². The number of nitro groups is 1. The fraction of sp³-hybridized carbons (Fsp3) is 0. The SMILES string of the molecule is O=C(c1ccc([N+](=O)[O-])cc1)N(O)/C=C/c1ccccc1. The quantitative estimate of drug-likeness (QED) is 0.531. The van der Waals surface area contributed by atoms with E-state index in [9.17, 15) is 20.1 Å². The zero-order valence-electron chi connectivity index (χ0n) is 10.9. The van der Waals surface area contributed by atoms with Gasteiger partial charge in [-0.3, -0.25) is 20.1 Å². The van der Waals surface area contributed by atoms with Gasteiger partial charge in [-0.15, -0.1) is 0 Å². The van der Waals surface area contributed by atoms with E-state index in [2.05, 4.69) is 0 Å². The van der Waals surface area contributed by atoms with Crippen molar-refractivity contribution >= 4 is 17.7 Å². The molecule has 0 saturated carbocycles. The highest BCUT2D eigenvalue weighted by Crippen LogP contribution is 2.13. The molecule has 2 aromatic rings. The molecule has 0 saturated heterocycles. The maximum atomic E-state index is 11.9. The molecule has 1 amide bonds. The predicted molar refractivity (Wildman–Crippen MR) is 76.5 cm³/mol. The molecule has 2 aromatic carbocycles. The van der Waals surface area contributed by atoms with E-state index in [0.29, 0.717) is 5.06 Å². The summed E-state index contributed by atoms with van der Waals surface area (Å²) in [7, 11) is 0. The number of carbonyl (C=O) groups is 1. The molecule has 0 fully saturated rings. The van der Waals surface area contributed by atoms with Crippen molar-refractivity contribution in [2.75, 3.05) is 0 Å². The van der Waals surface area contributed by atoms with E-state index in [1.807, 2.05) is 30.3 Å². The van der Waals surface area contributed by atoms with Crippen LogP contribution in [0, 0.1) is 10.1 Å². The molecule has 0 aliphatic heterocycles. The number of non-ortho nitro benzene ring substituents is 1. The molecule has 0 unspecified atom stereocenters. The zero-order valence-corrected chi connectivity index (χ0v) is 10.9. The molecule has 106 valence electrons. The van der Waals surface area contributed by atoms with Crippen molar-refractivity contribution in [3.8, 4) is 0 Å². The summed E-state index contributed by atoms with van der Waals surface area (Å²) in [6, 6.07) is 14.2. The van der Waals surface area contributed by atoms with E-state index >= 15 is 0 Å². The van der Waals surface area contributed by atoms with Gasteiger partial charge in [-0.1, -0.05) is 30.3 Å². The highest BCUT2D eigenvalue weighted by Gasteiger charge is 2.13. The van der Waals surface area contributed by atoms with Crippen LogP contribution in [0.1, 0.15) is 15.9 Å². The Bertz CT molecular complexity index is 666. The number of nitro benzene ring substituents is 1. The molecule has 2 rings (SSSR count). The van der Waals surface area contributed by atoms with Crippen LogP contribution < -0.4 is 0 Å². The standard InChI is InChI=1S/C15H12N2O4/c18-15(13-6-8-14(9-7-13)17(20)21)16(19)11-10-12-4-2-1-3-5-12/h1-11,19H/b11-10+. The summed E-state index contributed by atoms with van der Waals surface area (Å²) in [5.41, 5.74) is 0.865. The van der Waals surface area contributed by atoms with E-state index in [1.54, 1.807) is 6.08 Å². The lowest BCUT2D eigenvalue weighted by molar-refractivity contribution is -0.384. The number of hydroxylamine groups is 2. The number of hydrogen-bond donors (Lipinski definition) is 1. The first-order valence-corrected chi connectivity index (χ1v) is 6.08. The number of rotatable bonds is 4. The van der Waals surface area contributed by atoms with Gasteiger partial charge in [0.1, 0.15) is 0 Å². The third-order valence-electron chi connectivity index (χ3n) is 2.74.